The number of anilines is 2. The molecule has 1 amide bonds. The van der Waals surface area contributed by atoms with Gasteiger partial charge in [-0.3, -0.25) is 4.79 Å². The fourth-order valence-corrected chi connectivity index (χ4v) is 4.04. The summed E-state index contributed by atoms with van der Waals surface area (Å²) in [6.45, 7) is 2.01. The van der Waals surface area contributed by atoms with Crippen LogP contribution < -0.4 is 10.2 Å². The second-order valence-corrected chi connectivity index (χ2v) is 8.93. The molecule has 0 spiro atoms. The number of nitrogens with one attached hydrogen (secondary N) is 1. The Hall–Kier alpha value is -2.34. The Labute approximate surface area is 154 Å². The van der Waals surface area contributed by atoms with Gasteiger partial charge in [-0.1, -0.05) is 24.3 Å². The van der Waals surface area contributed by atoms with Crippen LogP contribution in [0.2, 0.25) is 0 Å². The van der Waals surface area contributed by atoms with Crippen LogP contribution >= 0.6 is 0 Å². The Kier molecular flexibility index (Phi) is 5.61. The summed E-state index contributed by atoms with van der Waals surface area (Å²) >= 11 is 0. The minimum absolute atomic E-state index is 0.0211. The number of carbonyl (C=O) groups is 1. The van der Waals surface area contributed by atoms with E-state index in [4.69, 9.17) is 0 Å². The second-order valence-electron chi connectivity index (χ2n) is 6.79. The molecule has 0 saturated carbocycles. The average molecular weight is 372 g/mol. The number of rotatable bonds is 5. The Bertz CT molecular complexity index is 870. The maximum absolute atomic E-state index is 12.6. The lowest BCUT2D eigenvalue weighted by atomic mass is 10.1. The van der Waals surface area contributed by atoms with Gasteiger partial charge in [0.1, 0.15) is 0 Å². The molecule has 1 aliphatic heterocycles. The summed E-state index contributed by atoms with van der Waals surface area (Å²) in [5.41, 5.74) is 3.04. The summed E-state index contributed by atoms with van der Waals surface area (Å²) in [5, 5.41) is 2.99. The maximum Gasteiger partial charge on any atom is 0.255 e. The Morgan fingerprint density at radius 1 is 1.00 bits per heavy atom. The van der Waals surface area contributed by atoms with Gasteiger partial charge in [0.25, 0.3) is 5.91 Å². The first-order valence-electron chi connectivity index (χ1n) is 8.84. The van der Waals surface area contributed by atoms with Crippen LogP contribution in [0.4, 0.5) is 11.4 Å². The highest BCUT2D eigenvalue weighted by Crippen LogP contribution is 2.28. The van der Waals surface area contributed by atoms with Gasteiger partial charge in [0.2, 0.25) is 0 Å². The standard InChI is InChI=1S/C20H24N2O3S/c1-26(24,25)15-16-9-11-17(12-10-16)20(23)21-18-7-3-4-8-19(18)22-13-5-2-6-14-22/h3-4,7-12H,2,5-6,13-15H2,1H3,(H,21,23). The highest BCUT2D eigenvalue weighted by molar-refractivity contribution is 7.89. The summed E-state index contributed by atoms with van der Waals surface area (Å²) < 4.78 is 22.7. The number of hydrogen-bond donors (Lipinski definition) is 1. The highest BCUT2D eigenvalue weighted by atomic mass is 32.2. The second kappa shape index (κ2) is 7.91. The topological polar surface area (TPSA) is 66.5 Å². The van der Waals surface area contributed by atoms with E-state index in [1.807, 2.05) is 24.3 Å². The van der Waals surface area contributed by atoms with E-state index in [2.05, 4.69) is 10.2 Å². The van der Waals surface area contributed by atoms with Crippen LogP contribution in [0.5, 0.6) is 0 Å². The highest BCUT2D eigenvalue weighted by Gasteiger charge is 2.16. The SMILES string of the molecule is CS(=O)(=O)Cc1ccc(C(=O)Nc2ccccc2N2CCCCC2)cc1. The molecule has 2 aromatic rings. The van der Waals surface area contributed by atoms with Crippen molar-refractivity contribution < 1.29 is 13.2 Å². The number of piperidine rings is 1. The number of carbonyl (C=O) groups excluding carboxylic acids is 1. The number of benzene rings is 2. The van der Waals surface area contributed by atoms with E-state index in [0.29, 0.717) is 11.1 Å². The van der Waals surface area contributed by atoms with Gasteiger partial charge in [-0.05, 0) is 49.1 Å². The van der Waals surface area contributed by atoms with Crippen molar-refractivity contribution in [2.45, 2.75) is 25.0 Å². The minimum atomic E-state index is -3.08. The van der Waals surface area contributed by atoms with Gasteiger partial charge in [-0.25, -0.2) is 8.42 Å². The van der Waals surface area contributed by atoms with Crippen molar-refractivity contribution in [3.05, 3.63) is 59.7 Å². The zero-order valence-corrected chi connectivity index (χ0v) is 15.8. The lowest BCUT2D eigenvalue weighted by Gasteiger charge is -2.30. The normalized spacial score (nSPS) is 14.9. The number of hydrogen-bond acceptors (Lipinski definition) is 4. The lowest BCUT2D eigenvalue weighted by Crippen LogP contribution is -2.30. The molecule has 1 aliphatic rings. The van der Waals surface area contributed by atoms with E-state index in [1.54, 1.807) is 24.3 Å². The quantitative estimate of drug-likeness (QED) is 0.873. The van der Waals surface area contributed by atoms with Crippen molar-refractivity contribution in [2.24, 2.45) is 0 Å². The van der Waals surface area contributed by atoms with Crippen molar-refractivity contribution in [2.75, 3.05) is 29.6 Å². The number of para-hydroxylation sites is 2. The molecule has 0 radical (unpaired) electrons. The van der Waals surface area contributed by atoms with Crippen molar-refractivity contribution >= 4 is 27.1 Å². The first-order chi connectivity index (χ1) is 12.4. The molecule has 1 N–H and O–H groups in total. The maximum atomic E-state index is 12.6. The van der Waals surface area contributed by atoms with Gasteiger partial charge in [-0.15, -0.1) is 0 Å². The third-order valence-corrected chi connectivity index (χ3v) is 5.35. The molecule has 2 aromatic carbocycles. The summed E-state index contributed by atoms with van der Waals surface area (Å²) in [7, 11) is -3.08. The molecule has 0 aromatic heterocycles. The molecule has 0 bridgehead atoms. The Balaban J connectivity index is 1.74. The van der Waals surface area contributed by atoms with Gasteiger partial charge >= 0.3 is 0 Å². The van der Waals surface area contributed by atoms with Crippen molar-refractivity contribution in [1.29, 1.82) is 0 Å². The minimum Gasteiger partial charge on any atom is -0.370 e. The van der Waals surface area contributed by atoms with Gasteiger partial charge in [0, 0.05) is 24.9 Å². The summed E-state index contributed by atoms with van der Waals surface area (Å²) in [4.78, 5) is 14.9. The van der Waals surface area contributed by atoms with E-state index in [-0.39, 0.29) is 11.7 Å². The predicted molar refractivity (Wildman–Crippen MR) is 105 cm³/mol. The molecule has 138 valence electrons. The van der Waals surface area contributed by atoms with E-state index >= 15 is 0 Å². The fourth-order valence-electron chi connectivity index (χ4n) is 3.24. The zero-order valence-electron chi connectivity index (χ0n) is 14.9. The smallest absolute Gasteiger partial charge is 0.255 e. The average Bonchev–Trinajstić information content (AvgIpc) is 2.62. The molecule has 5 nitrogen and oxygen atoms in total. The molecule has 1 saturated heterocycles. The van der Waals surface area contributed by atoms with Gasteiger partial charge in [0.05, 0.1) is 17.1 Å². The number of amides is 1. The van der Waals surface area contributed by atoms with Crippen LogP contribution in [-0.2, 0) is 15.6 Å². The largest absolute Gasteiger partial charge is 0.370 e. The fraction of sp³-hybridized carbons (Fsp3) is 0.350. The molecule has 1 fully saturated rings. The van der Waals surface area contributed by atoms with Crippen molar-refractivity contribution in [1.82, 2.24) is 0 Å². The van der Waals surface area contributed by atoms with Crippen molar-refractivity contribution in [3.8, 4) is 0 Å². The monoisotopic (exact) mass is 372 g/mol. The van der Waals surface area contributed by atoms with Gasteiger partial charge < -0.3 is 10.2 Å². The molecular formula is C20H24N2O3S. The lowest BCUT2D eigenvalue weighted by molar-refractivity contribution is 0.102. The third-order valence-electron chi connectivity index (χ3n) is 4.49. The Morgan fingerprint density at radius 3 is 2.31 bits per heavy atom. The van der Waals surface area contributed by atoms with Crippen LogP contribution in [0.3, 0.4) is 0 Å². The van der Waals surface area contributed by atoms with E-state index in [0.717, 1.165) is 24.5 Å². The van der Waals surface area contributed by atoms with Gasteiger partial charge in [-0.2, -0.15) is 0 Å². The summed E-state index contributed by atoms with van der Waals surface area (Å²) in [5.74, 6) is -0.215. The number of sulfone groups is 1. The molecule has 0 atom stereocenters. The Morgan fingerprint density at radius 2 is 1.65 bits per heavy atom. The van der Waals surface area contributed by atoms with Crippen LogP contribution in [0.1, 0.15) is 35.2 Å². The third kappa shape index (κ3) is 4.85. The molecule has 0 aliphatic carbocycles. The van der Waals surface area contributed by atoms with Gasteiger partial charge in [0.15, 0.2) is 9.84 Å². The molecule has 26 heavy (non-hydrogen) atoms. The molecule has 0 unspecified atom stereocenters. The molecule has 6 heteroatoms. The van der Waals surface area contributed by atoms with E-state index in [9.17, 15) is 13.2 Å². The molecule has 3 rings (SSSR count). The van der Waals surface area contributed by atoms with Crippen LogP contribution in [0, 0.1) is 0 Å². The molecule has 1 heterocycles. The first kappa shape index (κ1) is 18.5. The zero-order chi connectivity index (χ0) is 18.6. The molecular weight excluding hydrogens is 348 g/mol. The predicted octanol–water partition coefficient (Wildman–Crippen LogP) is 3.47. The van der Waals surface area contributed by atoms with Crippen LogP contribution in [-0.4, -0.2) is 33.7 Å². The number of nitrogens with zero attached hydrogens (tertiary/aromatic N) is 1. The van der Waals surface area contributed by atoms with Crippen molar-refractivity contribution in [3.63, 3.8) is 0 Å². The van der Waals surface area contributed by atoms with Crippen LogP contribution in [0.15, 0.2) is 48.5 Å². The van der Waals surface area contributed by atoms with Crippen LogP contribution in [0.25, 0.3) is 0 Å². The summed E-state index contributed by atoms with van der Waals surface area (Å²) in [6, 6.07) is 14.6. The van der Waals surface area contributed by atoms with E-state index in [1.165, 1.54) is 25.5 Å². The first-order valence-corrected chi connectivity index (χ1v) is 10.9. The van der Waals surface area contributed by atoms with E-state index < -0.39 is 9.84 Å². The summed E-state index contributed by atoms with van der Waals surface area (Å²) in [6.07, 6.45) is 4.80.